The molecule has 11 heteroatoms. The Kier molecular flexibility index (Phi) is 7.35. The normalized spacial score (nSPS) is 11.4. The van der Waals surface area contributed by atoms with Gasteiger partial charge in [0.1, 0.15) is 5.69 Å². The maximum Gasteiger partial charge on any atom is 0.416 e. The van der Waals surface area contributed by atoms with Crippen LogP contribution in [-0.2, 0) is 6.18 Å². The molecule has 1 amide bonds. The molecule has 0 aliphatic carbocycles. The van der Waals surface area contributed by atoms with Crippen LogP contribution >= 0.6 is 0 Å². The predicted molar refractivity (Wildman–Crippen MR) is 130 cm³/mol. The van der Waals surface area contributed by atoms with Crippen molar-refractivity contribution < 1.29 is 27.9 Å². The molecule has 8 nitrogen and oxygen atoms in total. The van der Waals surface area contributed by atoms with E-state index in [9.17, 15) is 27.9 Å². The predicted octanol–water partition coefficient (Wildman–Crippen LogP) is 4.40. The monoisotopic (exact) mass is 509 g/mol. The maximum absolute atomic E-state index is 12.8. The third-order valence-electron chi connectivity index (χ3n) is 5.58. The van der Waals surface area contributed by atoms with Crippen molar-refractivity contribution in [3.05, 3.63) is 89.6 Å². The number of carbonyl (C=O) groups is 2. The number of carboxylic acids is 1. The molecule has 37 heavy (non-hydrogen) atoms. The lowest BCUT2D eigenvalue weighted by Gasteiger charge is -2.09. The van der Waals surface area contributed by atoms with Gasteiger partial charge in [0.25, 0.3) is 5.91 Å². The Morgan fingerprint density at radius 3 is 2.22 bits per heavy atom. The van der Waals surface area contributed by atoms with Gasteiger partial charge in [-0.3, -0.25) is 4.79 Å². The van der Waals surface area contributed by atoms with E-state index in [1.165, 1.54) is 35.1 Å². The Balaban J connectivity index is 1.62. The second-order valence-electron chi connectivity index (χ2n) is 8.17. The molecular weight excluding hydrogens is 487 g/mol. The summed E-state index contributed by atoms with van der Waals surface area (Å²) >= 11 is 0. The average molecular weight is 509 g/mol. The average Bonchev–Trinajstić information content (AvgIpc) is 3.39. The molecular formula is C26H22F3N5O3. The molecule has 0 spiro atoms. The first-order valence-electron chi connectivity index (χ1n) is 11.2. The van der Waals surface area contributed by atoms with Gasteiger partial charge < -0.3 is 16.2 Å². The van der Waals surface area contributed by atoms with Crippen LogP contribution in [0.4, 0.5) is 13.2 Å². The van der Waals surface area contributed by atoms with E-state index >= 15 is 0 Å². The highest BCUT2D eigenvalue weighted by molar-refractivity contribution is 5.95. The zero-order chi connectivity index (χ0) is 26.6. The number of nitrogens with one attached hydrogen (secondary N) is 1. The second-order valence-corrected chi connectivity index (χ2v) is 8.17. The number of aromatic carboxylic acids is 1. The number of benzene rings is 3. The maximum atomic E-state index is 12.8. The summed E-state index contributed by atoms with van der Waals surface area (Å²) in [6, 6.07) is 15.8. The molecule has 0 atom stereocenters. The third kappa shape index (κ3) is 6.01. The van der Waals surface area contributed by atoms with Crippen molar-refractivity contribution >= 4 is 11.9 Å². The molecule has 0 aliphatic rings. The fraction of sp³-hybridized carbons (Fsp3) is 0.154. The summed E-state index contributed by atoms with van der Waals surface area (Å²) in [6.07, 6.45) is -2.29. The first kappa shape index (κ1) is 25.6. The molecule has 0 fully saturated rings. The molecule has 4 aromatic rings. The Hall–Kier alpha value is -4.51. The molecule has 0 unspecified atom stereocenters. The van der Waals surface area contributed by atoms with Crippen molar-refractivity contribution in [3.8, 4) is 28.1 Å². The number of rotatable bonds is 8. The summed E-state index contributed by atoms with van der Waals surface area (Å²) in [4.78, 5) is 24.0. The highest BCUT2D eigenvalue weighted by Gasteiger charge is 2.30. The van der Waals surface area contributed by atoms with Crippen molar-refractivity contribution in [1.82, 2.24) is 20.3 Å². The summed E-state index contributed by atoms with van der Waals surface area (Å²) in [7, 11) is 0. The largest absolute Gasteiger partial charge is 0.478 e. The molecule has 0 saturated heterocycles. The number of nitrogens with two attached hydrogens (primary N) is 1. The van der Waals surface area contributed by atoms with E-state index in [1.54, 1.807) is 30.3 Å². The number of halogens is 3. The van der Waals surface area contributed by atoms with Crippen LogP contribution in [0.1, 0.15) is 32.7 Å². The van der Waals surface area contributed by atoms with E-state index < -0.39 is 17.7 Å². The van der Waals surface area contributed by atoms with Crippen LogP contribution in [-0.4, -0.2) is 45.1 Å². The standard InChI is InChI=1S/C26H22F3N5O3/c27-26(28,29)21-6-8-22(9-7-21)34-15-23(32-33-34)19-12-18(13-20(14-19)25(36)37)16-2-4-17(5-3-16)24(35)31-11-1-10-30/h2-9,12-15H,1,10-11,30H2,(H,31,35)(H,36,37). The highest BCUT2D eigenvalue weighted by Crippen LogP contribution is 2.31. The van der Waals surface area contributed by atoms with E-state index in [0.717, 1.165) is 12.1 Å². The Morgan fingerprint density at radius 1 is 0.919 bits per heavy atom. The minimum Gasteiger partial charge on any atom is -0.478 e. The fourth-order valence-electron chi connectivity index (χ4n) is 3.61. The summed E-state index contributed by atoms with van der Waals surface area (Å²) in [5.41, 5.74) is 7.53. The van der Waals surface area contributed by atoms with Crippen LogP contribution in [0.2, 0.25) is 0 Å². The Morgan fingerprint density at radius 2 is 1.59 bits per heavy atom. The summed E-state index contributed by atoms with van der Waals surface area (Å²) in [6.45, 7) is 0.938. The van der Waals surface area contributed by atoms with Crippen molar-refractivity contribution in [1.29, 1.82) is 0 Å². The van der Waals surface area contributed by atoms with Crippen molar-refractivity contribution in [2.45, 2.75) is 12.6 Å². The molecule has 190 valence electrons. The SMILES string of the molecule is NCCCNC(=O)c1ccc(-c2cc(C(=O)O)cc(-c3cn(-c4ccc(C(F)(F)F)cc4)nn3)c2)cc1. The first-order valence-corrected chi connectivity index (χ1v) is 11.2. The molecule has 4 N–H and O–H groups in total. The number of amides is 1. The Bertz CT molecular complexity index is 1410. The molecule has 4 rings (SSSR count). The van der Waals surface area contributed by atoms with Crippen molar-refractivity contribution in [2.24, 2.45) is 5.73 Å². The summed E-state index contributed by atoms with van der Waals surface area (Å²) in [5, 5.41) is 20.5. The number of hydrogen-bond donors (Lipinski definition) is 3. The molecule has 0 bridgehead atoms. The van der Waals surface area contributed by atoms with Crippen LogP contribution in [0.3, 0.4) is 0 Å². The van der Waals surface area contributed by atoms with Crippen LogP contribution in [0.15, 0.2) is 72.9 Å². The molecule has 1 aromatic heterocycles. The number of alkyl halides is 3. The number of nitrogens with zero attached hydrogens (tertiary/aromatic N) is 3. The number of carbonyl (C=O) groups excluding carboxylic acids is 1. The van der Waals surface area contributed by atoms with Crippen LogP contribution < -0.4 is 11.1 Å². The fourth-order valence-corrected chi connectivity index (χ4v) is 3.61. The molecule has 0 aliphatic heterocycles. The van der Waals surface area contributed by atoms with Gasteiger partial charge in [0, 0.05) is 17.7 Å². The molecule has 0 radical (unpaired) electrons. The molecule has 0 saturated carbocycles. The quantitative estimate of drug-likeness (QED) is 0.303. The van der Waals surface area contributed by atoms with E-state index in [-0.39, 0.29) is 11.5 Å². The van der Waals surface area contributed by atoms with Crippen molar-refractivity contribution in [2.75, 3.05) is 13.1 Å². The van der Waals surface area contributed by atoms with Gasteiger partial charge >= 0.3 is 12.1 Å². The van der Waals surface area contributed by atoms with Gasteiger partial charge in [-0.1, -0.05) is 17.3 Å². The van der Waals surface area contributed by atoms with E-state index in [4.69, 9.17) is 5.73 Å². The smallest absolute Gasteiger partial charge is 0.416 e. The highest BCUT2D eigenvalue weighted by atomic mass is 19.4. The van der Waals surface area contributed by atoms with E-state index in [0.29, 0.717) is 53.1 Å². The first-order chi connectivity index (χ1) is 17.7. The van der Waals surface area contributed by atoms with Gasteiger partial charge in [-0.05, 0) is 78.7 Å². The van der Waals surface area contributed by atoms with Crippen LogP contribution in [0, 0.1) is 0 Å². The zero-order valence-electron chi connectivity index (χ0n) is 19.4. The number of hydrogen-bond acceptors (Lipinski definition) is 5. The summed E-state index contributed by atoms with van der Waals surface area (Å²) in [5.74, 6) is -1.38. The third-order valence-corrected chi connectivity index (χ3v) is 5.58. The van der Waals surface area contributed by atoms with E-state index in [2.05, 4.69) is 15.6 Å². The Labute approximate surface area is 209 Å². The minimum absolute atomic E-state index is 0.0141. The number of carboxylic acid groups (broad SMARTS) is 1. The van der Waals surface area contributed by atoms with Gasteiger partial charge in [-0.25, -0.2) is 9.48 Å². The van der Waals surface area contributed by atoms with E-state index in [1.807, 2.05) is 0 Å². The van der Waals surface area contributed by atoms with Crippen LogP contribution in [0.25, 0.3) is 28.1 Å². The van der Waals surface area contributed by atoms with Gasteiger partial charge in [0.2, 0.25) is 0 Å². The van der Waals surface area contributed by atoms with Gasteiger partial charge in [-0.2, -0.15) is 13.2 Å². The number of aromatic nitrogens is 3. The van der Waals surface area contributed by atoms with Gasteiger partial charge in [0.15, 0.2) is 0 Å². The second kappa shape index (κ2) is 10.6. The lowest BCUT2D eigenvalue weighted by molar-refractivity contribution is -0.137. The van der Waals surface area contributed by atoms with Gasteiger partial charge in [0.05, 0.1) is 23.0 Å². The van der Waals surface area contributed by atoms with Gasteiger partial charge in [-0.15, -0.1) is 5.10 Å². The topological polar surface area (TPSA) is 123 Å². The minimum atomic E-state index is -4.45. The lowest BCUT2D eigenvalue weighted by atomic mass is 9.97. The van der Waals surface area contributed by atoms with Crippen LogP contribution in [0.5, 0.6) is 0 Å². The zero-order valence-corrected chi connectivity index (χ0v) is 19.4. The summed E-state index contributed by atoms with van der Waals surface area (Å²) < 4.78 is 39.8. The lowest BCUT2D eigenvalue weighted by Crippen LogP contribution is -2.25. The van der Waals surface area contributed by atoms with Crippen molar-refractivity contribution in [3.63, 3.8) is 0 Å². The molecule has 1 heterocycles. The molecule has 3 aromatic carbocycles.